The summed E-state index contributed by atoms with van der Waals surface area (Å²) in [6.07, 6.45) is 1.96. The lowest BCUT2D eigenvalue weighted by Gasteiger charge is -1.89. The van der Waals surface area contributed by atoms with Crippen molar-refractivity contribution < 1.29 is 0 Å². The fourth-order valence-electron chi connectivity index (χ4n) is 1.61. The Kier molecular flexibility index (Phi) is 1.21. The molecule has 13 heavy (non-hydrogen) atoms. The second-order valence-electron chi connectivity index (χ2n) is 3.10. The Hall–Kier alpha value is -1.48. The van der Waals surface area contributed by atoms with E-state index in [4.69, 9.17) is 5.73 Å². The van der Waals surface area contributed by atoms with E-state index in [-0.39, 0.29) is 0 Å². The second kappa shape index (κ2) is 2.26. The van der Waals surface area contributed by atoms with Gasteiger partial charge in [0, 0.05) is 21.8 Å². The number of aromatic nitrogens is 1. The Morgan fingerprint density at radius 3 is 3.00 bits per heavy atom. The highest BCUT2D eigenvalue weighted by atomic mass is 32.1. The van der Waals surface area contributed by atoms with Gasteiger partial charge in [-0.15, -0.1) is 11.3 Å². The molecule has 3 rings (SSSR count). The van der Waals surface area contributed by atoms with Crippen molar-refractivity contribution in [3.05, 3.63) is 30.5 Å². The average molecular weight is 188 g/mol. The Balaban J connectivity index is 2.54. The zero-order chi connectivity index (χ0) is 8.84. The van der Waals surface area contributed by atoms with Gasteiger partial charge >= 0.3 is 0 Å². The third kappa shape index (κ3) is 0.939. The van der Waals surface area contributed by atoms with E-state index >= 15 is 0 Å². The summed E-state index contributed by atoms with van der Waals surface area (Å²) < 4.78 is 1.24. The van der Waals surface area contributed by atoms with Crippen LogP contribution >= 0.6 is 11.3 Å². The molecule has 3 aromatic rings. The van der Waals surface area contributed by atoms with Gasteiger partial charge < -0.3 is 10.7 Å². The number of thiophene rings is 1. The first-order chi connectivity index (χ1) is 6.33. The third-order valence-corrected chi connectivity index (χ3v) is 3.14. The van der Waals surface area contributed by atoms with Gasteiger partial charge in [0.1, 0.15) is 0 Å². The number of nitrogens with two attached hydrogens (primary N) is 1. The minimum Gasteiger partial charge on any atom is -0.391 e. The number of anilines is 1. The number of hydrogen-bond acceptors (Lipinski definition) is 2. The summed E-state index contributed by atoms with van der Waals surface area (Å²) in [5, 5.41) is 3.35. The van der Waals surface area contributed by atoms with Crippen LogP contribution in [-0.2, 0) is 0 Å². The van der Waals surface area contributed by atoms with Crippen LogP contribution in [0.5, 0.6) is 0 Å². The summed E-state index contributed by atoms with van der Waals surface area (Å²) in [6.45, 7) is 0. The van der Waals surface area contributed by atoms with E-state index in [1.165, 1.54) is 21.0 Å². The summed E-state index contributed by atoms with van der Waals surface area (Å²) in [6, 6.07) is 8.40. The first kappa shape index (κ1) is 6.97. The third-order valence-electron chi connectivity index (χ3n) is 2.21. The maximum atomic E-state index is 5.73. The molecule has 0 aliphatic carbocycles. The first-order valence-corrected chi connectivity index (χ1v) is 4.91. The van der Waals surface area contributed by atoms with Crippen LogP contribution in [0.15, 0.2) is 30.5 Å². The Bertz CT molecular complexity index is 529. The van der Waals surface area contributed by atoms with E-state index in [0.717, 1.165) is 5.00 Å². The smallest absolute Gasteiger partial charge is 0.0868 e. The molecule has 3 heteroatoms. The number of benzene rings is 1. The number of hydrogen-bond donors (Lipinski definition) is 2. The summed E-state index contributed by atoms with van der Waals surface area (Å²) in [4.78, 5) is 3.19. The van der Waals surface area contributed by atoms with Crippen LogP contribution in [0, 0.1) is 0 Å². The molecule has 0 saturated heterocycles. The first-order valence-electron chi connectivity index (χ1n) is 4.09. The molecule has 0 aliphatic rings. The van der Waals surface area contributed by atoms with Gasteiger partial charge in [-0.3, -0.25) is 0 Å². The zero-order valence-electron chi connectivity index (χ0n) is 6.87. The highest BCUT2D eigenvalue weighted by Gasteiger charge is 2.01. The maximum Gasteiger partial charge on any atom is 0.0868 e. The average Bonchev–Trinajstić information content (AvgIpc) is 2.63. The molecular formula is C10H8N2S. The van der Waals surface area contributed by atoms with E-state index in [1.54, 1.807) is 11.3 Å². The molecular weight excluding hydrogens is 180 g/mol. The van der Waals surface area contributed by atoms with Crippen molar-refractivity contribution in [1.82, 2.24) is 4.98 Å². The Morgan fingerprint density at radius 1 is 1.15 bits per heavy atom. The second-order valence-corrected chi connectivity index (χ2v) is 4.22. The van der Waals surface area contributed by atoms with Gasteiger partial charge in [-0.1, -0.05) is 0 Å². The summed E-state index contributed by atoms with van der Waals surface area (Å²) in [5.74, 6) is 0. The lowest BCUT2D eigenvalue weighted by Crippen LogP contribution is -1.72. The van der Waals surface area contributed by atoms with Crippen molar-refractivity contribution in [3.63, 3.8) is 0 Å². The van der Waals surface area contributed by atoms with Gasteiger partial charge in [-0.2, -0.15) is 0 Å². The van der Waals surface area contributed by atoms with Crippen molar-refractivity contribution in [3.8, 4) is 0 Å². The predicted octanol–water partition coefficient (Wildman–Crippen LogP) is 2.96. The van der Waals surface area contributed by atoms with Gasteiger partial charge in [0.05, 0.1) is 5.00 Å². The fraction of sp³-hybridized carbons (Fsp3) is 0. The maximum absolute atomic E-state index is 5.73. The molecule has 0 fully saturated rings. The Labute approximate surface area is 79.0 Å². The SMILES string of the molecule is Nc1cc2cc3cc[nH]c3cc2s1. The van der Waals surface area contributed by atoms with E-state index in [2.05, 4.69) is 23.2 Å². The number of rotatable bonds is 0. The van der Waals surface area contributed by atoms with Gasteiger partial charge in [-0.25, -0.2) is 0 Å². The lowest BCUT2D eigenvalue weighted by molar-refractivity contribution is 1.48. The van der Waals surface area contributed by atoms with Crippen LogP contribution in [0.3, 0.4) is 0 Å². The molecule has 0 spiro atoms. The van der Waals surface area contributed by atoms with Crippen molar-refractivity contribution in [2.45, 2.75) is 0 Å². The molecule has 64 valence electrons. The van der Waals surface area contributed by atoms with Crippen molar-refractivity contribution >= 4 is 37.3 Å². The monoisotopic (exact) mass is 188 g/mol. The van der Waals surface area contributed by atoms with Crippen LogP contribution in [0.2, 0.25) is 0 Å². The molecule has 0 bridgehead atoms. The molecule has 2 aromatic heterocycles. The summed E-state index contributed by atoms with van der Waals surface area (Å²) in [7, 11) is 0. The molecule has 0 unspecified atom stereocenters. The fourth-order valence-corrected chi connectivity index (χ4v) is 2.46. The highest BCUT2D eigenvalue weighted by Crippen LogP contribution is 2.30. The minimum absolute atomic E-state index is 0.877. The van der Waals surface area contributed by atoms with E-state index in [0.29, 0.717) is 0 Å². The zero-order valence-corrected chi connectivity index (χ0v) is 7.69. The molecule has 2 nitrogen and oxygen atoms in total. The molecule has 3 N–H and O–H groups in total. The van der Waals surface area contributed by atoms with Crippen molar-refractivity contribution in [2.24, 2.45) is 0 Å². The van der Waals surface area contributed by atoms with E-state index in [1.807, 2.05) is 12.3 Å². The van der Waals surface area contributed by atoms with E-state index in [9.17, 15) is 0 Å². The van der Waals surface area contributed by atoms with Crippen LogP contribution < -0.4 is 5.73 Å². The van der Waals surface area contributed by atoms with Crippen molar-refractivity contribution in [1.29, 1.82) is 0 Å². The van der Waals surface area contributed by atoms with Crippen LogP contribution in [0.25, 0.3) is 21.0 Å². The van der Waals surface area contributed by atoms with Crippen LogP contribution in [0.1, 0.15) is 0 Å². The van der Waals surface area contributed by atoms with Gasteiger partial charge in [-0.05, 0) is 29.7 Å². The molecule has 1 aromatic carbocycles. The highest BCUT2D eigenvalue weighted by molar-refractivity contribution is 7.22. The summed E-state index contributed by atoms with van der Waals surface area (Å²) >= 11 is 1.63. The number of nitrogens with one attached hydrogen (secondary N) is 1. The van der Waals surface area contributed by atoms with Gasteiger partial charge in [0.25, 0.3) is 0 Å². The number of nitrogen functional groups attached to an aromatic ring is 1. The number of aromatic amines is 1. The molecule has 0 saturated carbocycles. The Morgan fingerprint density at radius 2 is 2.08 bits per heavy atom. The number of fused-ring (bicyclic) bond motifs is 2. The molecule has 2 heterocycles. The summed E-state index contributed by atoms with van der Waals surface area (Å²) in [5.41, 5.74) is 6.91. The topological polar surface area (TPSA) is 41.8 Å². The molecule has 0 aliphatic heterocycles. The van der Waals surface area contributed by atoms with E-state index < -0.39 is 0 Å². The molecule has 0 radical (unpaired) electrons. The largest absolute Gasteiger partial charge is 0.391 e. The van der Waals surface area contributed by atoms with Crippen molar-refractivity contribution in [2.75, 3.05) is 5.73 Å². The predicted molar refractivity (Wildman–Crippen MR) is 58.1 cm³/mol. The lowest BCUT2D eigenvalue weighted by atomic mass is 10.2. The normalized spacial score (nSPS) is 11.4. The molecule has 0 atom stereocenters. The number of H-pyrrole nitrogens is 1. The quantitative estimate of drug-likeness (QED) is 0.559. The standard InChI is InChI=1S/C10H8N2S/c11-10-4-7-3-6-1-2-12-8(6)5-9(7)13-10/h1-5,12H,11H2. The van der Waals surface area contributed by atoms with Gasteiger partial charge in [0.15, 0.2) is 0 Å². The minimum atomic E-state index is 0.877. The van der Waals surface area contributed by atoms with Crippen LogP contribution in [0.4, 0.5) is 5.00 Å². The molecule has 0 amide bonds. The van der Waals surface area contributed by atoms with Crippen LogP contribution in [-0.4, -0.2) is 4.98 Å². The van der Waals surface area contributed by atoms with Gasteiger partial charge in [0.2, 0.25) is 0 Å².